The molecule has 112 valence electrons. The number of nitrogens with one attached hydrogen (secondary N) is 1. The molecule has 1 aliphatic heterocycles. The molecular formula is C14H22N2O3S. The van der Waals surface area contributed by atoms with Crippen LogP contribution in [0.3, 0.4) is 0 Å². The Balaban J connectivity index is 1.58. The Morgan fingerprint density at radius 2 is 2.55 bits per heavy atom. The van der Waals surface area contributed by atoms with Crippen LogP contribution in [0.15, 0.2) is 5.38 Å². The minimum Gasteiger partial charge on any atom is -0.376 e. The standard InChI is InChI=1S/C14H22N2O3S/c1-2-4-14-16-11(10-20-14)7-15-13(17)9-18-8-12-5-3-6-19-12/h10,12H,2-9H2,1H3,(H,15,17). The fourth-order valence-corrected chi connectivity index (χ4v) is 2.96. The van der Waals surface area contributed by atoms with Crippen LogP contribution in [-0.2, 0) is 27.2 Å². The van der Waals surface area contributed by atoms with Crippen molar-refractivity contribution < 1.29 is 14.3 Å². The fraction of sp³-hybridized carbons (Fsp3) is 0.714. The molecule has 1 aromatic heterocycles. The quantitative estimate of drug-likeness (QED) is 0.796. The number of aryl methyl sites for hydroxylation is 1. The molecule has 0 spiro atoms. The Hall–Kier alpha value is -0.980. The minimum absolute atomic E-state index is 0.0891. The van der Waals surface area contributed by atoms with Crippen molar-refractivity contribution in [2.75, 3.05) is 19.8 Å². The van der Waals surface area contributed by atoms with Crippen LogP contribution in [0.5, 0.6) is 0 Å². The second kappa shape index (κ2) is 8.34. The van der Waals surface area contributed by atoms with Crippen molar-refractivity contribution in [3.05, 3.63) is 16.1 Å². The maximum atomic E-state index is 11.6. The van der Waals surface area contributed by atoms with Gasteiger partial charge in [-0.25, -0.2) is 4.98 Å². The zero-order valence-corrected chi connectivity index (χ0v) is 12.7. The first-order valence-electron chi connectivity index (χ1n) is 7.17. The molecule has 1 N–H and O–H groups in total. The van der Waals surface area contributed by atoms with E-state index in [1.165, 1.54) is 0 Å². The van der Waals surface area contributed by atoms with Gasteiger partial charge in [-0.05, 0) is 25.7 Å². The normalized spacial score (nSPS) is 18.4. The van der Waals surface area contributed by atoms with Crippen LogP contribution in [0.2, 0.25) is 0 Å². The van der Waals surface area contributed by atoms with E-state index in [-0.39, 0.29) is 18.6 Å². The van der Waals surface area contributed by atoms with E-state index in [0.717, 1.165) is 43.0 Å². The summed E-state index contributed by atoms with van der Waals surface area (Å²) in [5, 5.41) is 5.95. The third kappa shape index (κ3) is 5.19. The van der Waals surface area contributed by atoms with Crippen molar-refractivity contribution in [2.24, 2.45) is 0 Å². The van der Waals surface area contributed by atoms with Gasteiger partial charge in [-0.15, -0.1) is 11.3 Å². The van der Waals surface area contributed by atoms with Gasteiger partial charge in [0.15, 0.2) is 0 Å². The molecule has 6 heteroatoms. The Kier molecular flexibility index (Phi) is 6.42. The van der Waals surface area contributed by atoms with Crippen molar-refractivity contribution >= 4 is 17.2 Å². The van der Waals surface area contributed by atoms with E-state index in [1.54, 1.807) is 11.3 Å². The van der Waals surface area contributed by atoms with Crippen molar-refractivity contribution in [1.82, 2.24) is 10.3 Å². The molecule has 1 aliphatic rings. The van der Waals surface area contributed by atoms with Gasteiger partial charge in [0.1, 0.15) is 6.61 Å². The topological polar surface area (TPSA) is 60.5 Å². The van der Waals surface area contributed by atoms with Crippen LogP contribution in [-0.4, -0.2) is 36.8 Å². The molecule has 0 bridgehead atoms. The highest BCUT2D eigenvalue weighted by atomic mass is 32.1. The summed E-state index contributed by atoms with van der Waals surface area (Å²) < 4.78 is 10.8. The number of ether oxygens (including phenoxy) is 2. The number of thiazole rings is 1. The van der Waals surface area contributed by atoms with E-state index in [1.807, 2.05) is 5.38 Å². The van der Waals surface area contributed by atoms with E-state index >= 15 is 0 Å². The summed E-state index contributed by atoms with van der Waals surface area (Å²) in [6.45, 7) is 4.01. The molecular weight excluding hydrogens is 276 g/mol. The van der Waals surface area contributed by atoms with E-state index in [4.69, 9.17) is 9.47 Å². The highest BCUT2D eigenvalue weighted by molar-refractivity contribution is 7.09. The van der Waals surface area contributed by atoms with Gasteiger partial charge in [0.05, 0.1) is 30.0 Å². The first-order chi connectivity index (χ1) is 9.78. The van der Waals surface area contributed by atoms with Gasteiger partial charge in [0.2, 0.25) is 5.91 Å². The summed E-state index contributed by atoms with van der Waals surface area (Å²) in [6.07, 6.45) is 4.38. The first-order valence-corrected chi connectivity index (χ1v) is 8.05. The van der Waals surface area contributed by atoms with Crippen LogP contribution in [0.4, 0.5) is 0 Å². The lowest BCUT2D eigenvalue weighted by molar-refractivity contribution is -0.127. The molecule has 0 radical (unpaired) electrons. The number of carbonyl (C=O) groups excluding carboxylic acids is 1. The zero-order valence-electron chi connectivity index (χ0n) is 11.9. The molecule has 1 amide bonds. The second-order valence-corrected chi connectivity index (χ2v) is 5.85. The van der Waals surface area contributed by atoms with Gasteiger partial charge in [-0.3, -0.25) is 4.79 Å². The zero-order chi connectivity index (χ0) is 14.2. The molecule has 0 aliphatic carbocycles. The van der Waals surface area contributed by atoms with E-state index in [9.17, 15) is 4.79 Å². The number of carbonyl (C=O) groups is 1. The van der Waals surface area contributed by atoms with E-state index in [2.05, 4.69) is 17.2 Å². The number of rotatable bonds is 8. The SMILES string of the molecule is CCCc1nc(CNC(=O)COCC2CCCO2)cs1. The average Bonchev–Trinajstić information content (AvgIpc) is 3.08. The van der Waals surface area contributed by atoms with Crippen LogP contribution in [0, 0.1) is 0 Å². The van der Waals surface area contributed by atoms with Crippen LogP contribution >= 0.6 is 11.3 Å². The summed E-state index contributed by atoms with van der Waals surface area (Å²) in [7, 11) is 0. The number of amides is 1. The summed E-state index contributed by atoms with van der Waals surface area (Å²) in [4.78, 5) is 16.1. The molecule has 20 heavy (non-hydrogen) atoms. The Morgan fingerprint density at radius 3 is 3.30 bits per heavy atom. The van der Waals surface area contributed by atoms with Crippen molar-refractivity contribution in [3.8, 4) is 0 Å². The van der Waals surface area contributed by atoms with Gasteiger partial charge in [-0.1, -0.05) is 6.92 Å². The van der Waals surface area contributed by atoms with Crippen molar-refractivity contribution in [1.29, 1.82) is 0 Å². The highest BCUT2D eigenvalue weighted by Gasteiger charge is 2.15. The lowest BCUT2D eigenvalue weighted by Gasteiger charge is -2.09. The van der Waals surface area contributed by atoms with Gasteiger partial charge >= 0.3 is 0 Å². The third-order valence-electron chi connectivity index (χ3n) is 3.09. The molecule has 0 saturated carbocycles. The third-order valence-corrected chi connectivity index (χ3v) is 4.05. The molecule has 2 rings (SSSR count). The van der Waals surface area contributed by atoms with Crippen LogP contribution in [0.25, 0.3) is 0 Å². The minimum atomic E-state index is -0.104. The molecule has 1 atom stereocenters. The van der Waals surface area contributed by atoms with Crippen molar-refractivity contribution in [3.63, 3.8) is 0 Å². The molecule has 1 aromatic rings. The second-order valence-electron chi connectivity index (χ2n) is 4.91. The van der Waals surface area contributed by atoms with E-state index < -0.39 is 0 Å². The van der Waals surface area contributed by atoms with Crippen molar-refractivity contribution in [2.45, 2.75) is 45.3 Å². The highest BCUT2D eigenvalue weighted by Crippen LogP contribution is 2.12. The Labute approximate surface area is 123 Å². The predicted octanol–water partition coefficient (Wildman–Crippen LogP) is 1.91. The lowest BCUT2D eigenvalue weighted by Crippen LogP contribution is -2.28. The summed E-state index contributed by atoms with van der Waals surface area (Å²) >= 11 is 1.65. The van der Waals surface area contributed by atoms with Crippen LogP contribution in [0.1, 0.15) is 36.9 Å². The predicted molar refractivity (Wildman–Crippen MR) is 77.7 cm³/mol. The monoisotopic (exact) mass is 298 g/mol. The van der Waals surface area contributed by atoms with Gasteiger partial charge in [0.25, 0.3) is 0 Å². The molecule has 0 aromatic carbocycles. The maximum absolute atomic E-state index is 11.6. The Bertz CT molecular complexity index is 416. The van der Waals surface area contributed by atoms with E-state index in [0.29, 0.717) is 13.2 Å². The average molecular weight is 298 g/mol. The first kappa shape index (κ1) is 15.4. The molecule has 2 heterocycles. The lowest BCUT2D eigenvalue weighted by atomic mass is 10.2. The van der Waals surface area contributed by atoms with Gasteiger partial charge in [-0.2, -0.15) is 0 Å². The molecule has 5 nitrogen and oxygen atoms in total. The van der Waals surface area contributed by atoms with Gasteiger partial charge in [0, 0.05) is 12.0 Å². The van der Waals surface area contributed by atoms with Gasteiger partial charge < -0.3 is 14.8 Å². The number of aromatic nitrogens is 1. The summed E-state index contributed by atoms with van der Waals surface area (Å²) in [5.74, 6) is -0.104. The fourth-order valence-electron chi connectivity index (χ4n) is 2.06. The number of hydrogen-bond donors (Lipinski definition) is 1. The number of nitrogens with zero attached hydrogens (tertiary/aromatic N) is 1. The maximum Gasteiger partial charge on any atom is 0.246 e. The molecule has 1 saturated heterocycles. The summed E-state index contributed by atoms with van der Waals surface area (Å²) in [6, 6.07) is 0. The molecule has 1 fully saturated rings. The summed E-state index contributed by atoms with van der Waals surface area (Å²) in [5.41, 5.74) is 0.922. The van der Waals surface area contributed by atoms with Crippen LogP contribution < -0.4 is 5.32 Å². The molecule has 1 unspecified atom stereocenters. The Morgan fingerprint density at radius 1 is 1.65 bits per heavy atom. The smallest absolute Gasteiger partial charge is 0.246 e. The largest absolute Gasteiger partial charge is 0.376 e. The number of hydrogen-bond acceptors (Lipinski definition) is 5.